The number of aliphatic hydroxyl groups excluding tert-OH is 13. The molecule has 4 saturated heterocycles. The van der Waals surface area contributed by atoms with Gasteiger partial charge in [-0.2, -0.15) is 0 Å². The molecule has 0 aliphatic carbocycles. The lowest BCUT2D eigenvalue weighted by Crippen LogP contribution is -2.70. The van der Waals surface area contributed by atoms with Gasteiger partial charge in [-0.15, -0.1) is 0 Å². The van der Waals surface area contributed by atoms with Crippen molar-refractivity contribution in [3.63, 3.8) is 0 Å². The molecule has 8 unspecified atom stereocenters. The Morgan fingerprint density at radius 1 is 0.419 bits per heavy atom. The van der Waals surface area contributed by atoms with Crippen LogP contribution in [0.1, 0.15) is 239 Å². The average molecular weight is 1340 g/mol. The van der Waals surface area contributed by atoms with Crippen LogP contribution in [0.15, 0.2) is 12.2 Å². The van der Waals surface area contributed by atoms with Gasteiger partial charge in [0.25, 0.3) is 0 Å². The van der Waals surface area contributed by atoms with Crippen molar-refractivity contribution in [2.45, 2.75) is 374 Å². The third-order valence-corrected chi connectivity index (χ3v) is 18.6. The summed E-state index contributed by atoms with van der Waals surface area (Å²) in [5, 5.41) is 147. The largest absolute Gasteiger partial charge is 0.394 e. The van der Waals surface area contributed by atoms with Gasteiger partial charge in [0, 0.05) is 13.3 Å². The van der Waals surface area contributed by atoms with Gasteiger partial charge in [-0.25, -0.2) is 0 Å². The molecule has 93 heavy (non-hydrogen) atoms. The van der Waals surface area contributed by atoms with Crippen LogP contribution in [0.2, 0.25) is 0 Å². The molecule has 0 aromatic carbocycles. The van der Waals surface area contributed by atoms with E-state index in [1.807, 2.05) is 6.08 Å². The normalized spacial score (nSPS) is 32.4. The summed E-state index contributed by atoms with van der Waals surface area (Å²) in [7, 11) is 0. The maximum absolute atomic E-state index is 13.5. The van der Waals surface area contributed by atoms with E-state index >= 15 is 0 Å². The van der Waals surface area contributed by atoms with Crippen LogP contribution in [0.5, 0.6) is 0 Å². The van der Waals surface area contributed by atoms with Gasteiger partial charge in [-0.3, -0.25) is 9.59 Å². The maximum atomic E-state index is 13.5. The lowest BCUT2D eigenvalue weighted by Gasteiger charge is -2.50. The monoisotopic (exact) mass is 1340 g/mol. The number of carbonyl (C=O) groups is 2. The van der Waals surface area contributed by atoms with Crippen molar-refractivity contribution in [1.82, 2.24) is 10.6 Å². The Labute approximate surface area is 553 Å². The van der Waals surface area contributed by atoms with Crippen LogP contribution in [0.3, 0.4) is 0 Å². The smallest absolute Gasteiger partial charge is 0.220 e. The van der Waals surface area contributed by atoms with Crippen LogP contribution < -0.4 is 10.6 Å². The fourth-order valence-electron chi connectivity index (χ4n) is 12.8. The molecular weight excluding hydrogens is 1210 g/mol. The van der Waals surface area contributed by atoms with E-state index in [-0.39, 0.29) is 12.3 Å². The second kappa shape index (κ2) is 48.6. The van der Waals surface area contributed by atoms with E-state index in [4.69, 9.17) is 37.9 Å². The average Bonchev–Trinajstić information content (AvgIpc) is 0.785. The van der Waals surface area contributed by atoms with Gasteiger partial charge in [-0.1, -0.05) is 219 Å². The summed E-state index contributed by atoms with van der Waals surface area (Å²) in [4.78, 5) is 26.1. The van der Waals surface area contributed by atoms with Crippen LogP contribution in [-0.2, 0) is 47.5 Å². The molecule has 4 aliphatic heterocycles. The van der Waals surface area contributed by atoms with Crippen molar-refractivity contribution in [3.8, 4) is 0 Å². The molecule has 0 aromatic heterocycles. The zero-order valence-electron chi connectivity index (χ0n) is 56.3. The molecule has 2 amide bonds. The summed E-state index contributed by atoms with van der Waals surface area (Å²) in [6.07, 6.45) is 8.06. The molecule has 4 aliphatic rings. The first-order chi connectivity index (χ1) is 45.0. The number of nitrogens with one attached hydrogen (secondary N) is 2. The topological polar surface area (TPSA) is 395 Å². The molecular formula is C68H126N2O23. The highest BCUT2D eigenvalue weighted by atomic mass is 16.8. The lowest BCUT2D eigenvalue weighted by molar-refractivity contribution is -0.381. The van der Waals surface area contributed by atoms with Gasteiger partial charge < -0.3 is 115 Å². The van der Waals surface area contributed by atoms with Crippen LogP contribution in [0.25, 0.3) is 0 Å². The van der Waals surface area contributed by atoms with Crippen LogP contribution in [0.4, 0.5) is 0 Å². The van der Waals surface area contributed by atoms with Crippen molar-refractivity contribution in [2.75, 3.05) is 33.0 Å². The number of unbranched alkanes of at least 4 members (excludes halogenated alkanes) is 31. The number of hydrogen-bond donors (Lipinski definition) is 15. The van der Waals surface area contributed by atoms with Gasteiger partial charge in [0.05, 0.1) is 45.2 Å². The molecule has 0 radical (unpaired) electrons. The first-order valence-corrected chi connectivity index (χ1v) is 35.9. The molecule has 4 rings (SSSR count). The van der Waals surface area contributed by atoms with E-state index in [1.54, 1.807) is 6.08 Å². The van der Waals surface area contributed by atoms with E-state index in [0.29, 0.717) is 12.8 Å². The summed E-state index contributed by atoms with van der Waals surface area (Å²) < 4.78 is 46.9. The SMILES string of the molecule is CCCCCCCCCCCCC/C=C/[C@@H](O)[C@H](CO[C@@H]1OC(CO)[C@@H](O[C@@H]2OC(CO)[C@H](O)[C@H](O[C@@H]3OC(CO)[C@@H](O)[C@H](O[C@@H]4OC(CO)[C@H](O)[C@H](O)C4O)C3NC(C)=O)C2O)[C@H](O)C1O)NC(=O)CCCCCCCCCCCCCCCCCCCCCCC. The molecule has 15 N–H and O–H groups in total. The van der Waals surface area contributed by atoms with Gasteiger partial charge in [0.2, 0.25) is 11.8 Å². The molecule has 0 bridgehead atoms. The Bertz CT molecular complexity index is 1930. The van der Waals surface area contributed by atoms with Crippen molar-refractivity contribution < 1.29 is 114 Å². The Kier molecular flexibility index (Phi) is 43.5. The minimum Gasteiger partial charge on any atom is -0.394 e. The second-order valence-electron chi connectivity index (χ2n) is 26.4. The Morgan fingerprint density at radius 2 is 0.796 bits per heavy atom. The molecule has 546 valence electrons. The van der Waals surface area contributed by atoms with Crippen molar-refractivity contribution in [2.24, 2.45) is 0 Å². The minimum absolute atomic E-state index is 0.211. The maximum Gasteiger partial charge on any atom is 0.220 e. The predicted molar refractivity (Wildman–Crippen MR) is 345 cm³/mol. The number of allylic oxidation sites excluding steroid dienone is 1. The molecule has 0 aromatic rings. The number of amides is 2. The standard InChI is InChI=1S/C68H126N2O23/c1-4-6-8-10-12-14-16-18-19-20-21-22-23-24-25-27-29-31-33-35-37-39-52(77)70-46(47(76)38-36-34-32-30-28-26-17-15-13-11-9-7-5-2)44-86-66-60(84)58(82)62(51(43-74)90-66)91-68-61(85)64(56(80)50(42-73)89-68)93-65-53(69-45(3)75)63(55(79)49(41-72)87-65)92-67-59(83)57(81)54(78)48(40-71)88-67/h36,38,46-51,53-68,71-74,76,78-85H,4-35,37,39-44H2,1-3H3,(H,69,75)(H,70,77)/b38-36+/t46-,47+,48?,49?,50?,51?,53?,54-,55+,56-,57-,58+,59?,60?,61?,62+,63+,64-,65-,66+,67-,68-/m0/s1. The Balaban J connectivity index is 1.33. The molecule has 0 saturated carbocycles. The Morgan fingerprint density at radius 3 is 1.26 bits per heavy atom. The number of hydrogen-bond acceptors (Lipinski definition) is 23. The third-order valence-electron chi connectivity index (χ3n) is 18.6. The number of carbonyl (C=O) groups excluding carboxylic acids is 2. The van der Waals surface area contributed by atoms with Crippen LogP contribution in [0, 0.1) is 0 Å². The highest BCUT2D eigenvalue weighted by Gasteiger charge is 2.56. The van der Waals surface area contributed by atoms with E-state index in [0.717, 1.165) is 51.9 Å². The van der Waals surface area contributed by atoms with Gasteiger partial charge in [-0.05, 0) is 19.3 Å². The predicted octanol–water partition coefficient (Wildman–Crippen LogP) is 4.12. The van der Waals surface area contributed by atoms with Crippen LogP contribution >= 0.6 is 0 Å². The number of ether oxygens (including phenoxy) is 8. The summed E-state index contributed by atoms with van der Waals surface area (Å²) in [5.41, 5.74) is 0. The summed E-state index contributed by atoms with van der Waals surface area (Å²) >= 11 is 0. The van der Waals surface area contributed by atoms with Crippen molar-refractivity contribution in [3.05, 3.63) is 12.2 Å². The van der Waals surface area contributed by atoms with Crippen molar-refractivity contribution in [1.29, 1.82) is 0 Å². The zero-order chi connectivity index (χ0) is 67.9. The highest BCUT2D eigenvalue weighted by molar-refractivity contribution is 5.76. The van der Waals surface area contributed by atoms with E-state index in [1.165, 1.54) is 154 Å². The van der Waals surface area contributed by atoms with E-state index in [9.17, 15) is 76.0 Å². The van der Waals surface area contributed by atoms with Gasteiger partial charge >= 0.3 is 0 Å². The first kappa shape index (κ1) is 83.3. The molecule has 25 heteroatoms. The fourth-order valence-corrected chi connectivity index (χ4v) is 12.8. The van der Waals surface area contributed by atoms with Gasteiger partial charge in [0.15, 0.2) is 25.2 Å². The lowest BCUT2D eigenvalue weighted by atomic mass is 9.94. The van der Waals surface area contributed by atoms with Crippen LogP contribution in [-0.4, -0.2) is 246 Å². The van der Waals surface area contributed by atoms with Crippen molar-refractivity contribution >= 4 is 11.8 Å². The fraction of sp³-hybridized carbons (Fsp3) is 0.941. The molecule has 4 fully saturated rings. The molecule has 22 atom stereocenters. The molecule has 25 nitrogen and oxygen atoms in total. The number of aliphatic hydroxyl groups is 13. The molecule has 4 heterocycles. The summed E-state index contributed by atoms with van der Waals surface area (Å²) in [6.45, 7) is 1.58. The van der Waals surface area contributed by atoms with Gasteiger partial charge in [0.1, 0.15) is 97.6 Å². The minimum atomic E-state index is -2.10. The summed E-state index contributed by atoms with van der Waals surface area (Å²) in [5.74, 6) is -1.08. The Hall–Kier alpha value is -2.16. The quantitative estimate of drug-likeness (QED) is 0.0301. The van der Waals surface area contributed by atoms with E-state index < -0.39 is 174 Å². The first-order valence-electron chi connectivity index (χ1n) is 35.9. The molecule has 0 spiro atoms. The highest BCUT2D eigenvalue weighted by Crippen LogP contribution is 2.35. The zero-order valence-corrected chi connectivity index (χ0v) is 56.3. The second-order valence-corrected chi connectivity index (χ2v) is 26.4. The summed E-state index contributed by atoms with van der Waals surface area (Å²) in [6, 6.07) is -2.67. The van der Waals surface area contributed by atoms with E-state index in [2.05, 4.69) is 24.5 Å². The number of rotatable bonds is 51. The third kappa shape index (κ3) is 29.7.